The summed E-state index contributed by atoms with van der Waals surface area (Å²) in [6, 6.07) is 0. The third-order valence-corrected chi connectivity index (χ3v) is 4.63. The van der Waals surface area contributed by atoms with Crippen LogP contribution in [-0.4, -0.2) is 26.9 Å². The summed E-state index contributed by atoms with van der Waals surface area (Å²) in [6.45, 7) is 4.11. The maximum absolute atomic E-state index is 12.0. The van der Waals surface area contributed by atoms with E-state index in [1.165, 1.54) is 16.2 Å². The van der Waals surface area contributed by atoms with Crippen molar-refractivity contribution in [2.24, 2.45) is 17.3 Å². The Labute approximate surface area is 107 Å². The second-order valence-electron chi connectivity index (χ2n) is 4.99. The number of piperidine rings is 1. The van der Waals surface area contributed by atoms with Crippen molar-refractivity contribution < 1.29 is 9.59 Å². The van der Waals surface area contributed by atoms with Crippen LogP contribution >= 0.6 is 22.9 Å². The number of carbonyl (C=O) groups is 2. The maximum Gasteiger partial charge on any atom is 0.234 e. The Balaban J connectivity index is 1.79. The second kappa shape index (κ2) is 3.26. The van der Waals surface area contributed by atoms with Gasteiger partial charge in [0.1, 0.15) is 5.01 Å². The number of rotatable bonds is 2. The van der Waals surface area contributed by atoms with Crippen LogP contribution in [0.5, 0.6) is 0 Å². The molecule has 1 aliphatic heterocycles. The lowest BCUT2D eigenvalue weighted by molar-refractivity contribution is -0.143. The number of nitrogens with zero attached hydrogens (tertiary/aromatic N) is 3. The van der Waals surface area contributed by atoms with Crippen molar-refractivity contribution in [2.75, 3.05) is 0 Å². The SMILES string of the molecule is CC1(C)C2C(=O)N(Cc3nnc(Cl)s3)C(=O)C21. The van der Waals surface area contributed by atoms with E-state index in [0.717, 1.165) is 0 Å². The molecule has 1 saturated heterocycles. The number of likely N-dealkylation sites (tertiary alicyclic amines) is 1. The van der Waals surface area contributed by atoms with Gasteiger partial charge in [-0.1, -0.05) is 25.2 Å². The normalized spacial score (nSPS) is 29.7. The quantitative estimate of drug-likeness (QED) is 0.762. The summed E-state index contributed by atoms with van der Waals surface area (Å²) in [5.41, 5.74) is -0.163. The van der Waals surface area contributed by atoms with Gasteiger partial charge in [0, 0.05) is 0 Å². The zero-order valence-corrected chi connectivity index (χ0v) is 10.9. The molecule has 2 amide bonds. The van der Waals surface area contributed by atoms with E-state index in [-0.39, 0.29) is 35.6 Å². The zero-order valence-electron chi connectivity index (χ0n) is 9.31. The van der Waals surface area contributed by atoms with Gasteiger partial charge >= 0.3 is 0 Å². The van der Waals surface area contributed by atoms with Gasteiger partial charge in [0.25, 0.3) is 0 Å². The topological polar surface area (TPSA) is 63.2 Å². The van der Waals surface area contributed by atoms with Crippen molar-refractivity contribution in [3.63, 3.8) is 0 Å². The van der Waals surface area contributed by atoms with E-state index in [0.29, 0.717) is 9.47 Å². The van der Waals surface area contributed by atoms with Crippen molar-refractivity contribution in [1.29, 1.82) is 0 Å². The van der Waals surface area contributed by atoms with Gasteiger partial charge in [-0.05, 0) is 17.0 Å². The average molecular weight is 272 g/mol. The minimum Gasteiger partial charge on any atom is -0.275 e. The molecule has 0 radical (unpaired) electrons. The van der Waals surface area contributed by atoms with E-state index in [1.807, 2.05) is 13.8 Å². The van der Waals surface area contributed by atoms with Crippen molar-refractivity contribution >= 4 is 34.8 Å². The minimum atomic E-state index is -0.163. The Bertz CT molecular complexity index is 503. The first-order valence-electron chi connectivity index (χ1n) is 5.26. The highest BCUT2D eigenvalue weighted by Gasteiger charge is 2.72. The third-order valence-electron chi connectivity index (χ3n) is 3.63. The lowest BCUT2D eigenvalue weighted by Crippen LogP contribution is -2.35. The molecule has 1 saturated carbocycles. The number of hydrogen-bond donors (Lipinski definition) is 0. The van der Waals surface area contributed by atoms with Crippen molar-refractivity contribution in [2.45, 2.75) is 20.4 Å². The van der Waals surface area contributed by atoms with Gasteiger partial charge in [0.15, 0.2) is 0 Å². The summed E-state index contributed by atoms with van der Waals surface area (Å²) in [5, 5.41) is 8.06. The molecule has 0 spiro atoms. The van der Waals surface area contributed by atoms with Crippen LogP contribution in [-0.2, 0) is 16.1 Å². The predicted molar refractivity (Wildman–Crippen MR) is 61.2 cm³/mol. The van der Waals surface area contributed by atoms with E-state index in [2.05, 4.69) is 10.2 Å². The summed E-state index contributed by atoms with van der Waals surface area (Å²) in [7, 11) is 0. The molecular formula is C10H10ClN3O2S. The summed E-state index contributed by atoms with van der Waals surface area (Å²) in [4.78, 5) is 25.3. The van der Waals surface area contributed by atoms with Crippen LogP contribution in [0.2, 0.25) is 4.47 Å². The van der Waals surface area contributed by atoms with E-state index in [4.69, 9.17) is 11.6 Å². The third kappa shape index (κ3) is 1.43. The van der Waals surface area contributed by atoms with Gasteiger partial charge in [-0.25, -0.2) is 0 Å². The molecule has 2 heterocycles. The molecule has 0 N–H and O–H groups in total. The standard InChI is InChI=1S/C10H10ClN3O2S/c1-10(2)5-6(10)8(16)14(7(5)15)3-4-12-13-9(11)17-4/h5-6H,3H2,1-2H3. The molecule has 1 aromatic heterocycles. The van der Waals surface area contributed by atoms with Crippen LogP contribution < -0.4 is 0 Å². The number of halogens is 1. The highest BCUT2D eigenvalue weighted by atomic mass is 35.5. The van der Waals surface area contributed by atoms with Gasteiger partial charge in [-0.2, -0.15) is 0 Å². The Morgan fingerprint density at radius 3 is 2.35 bits per heavy atom. The molecule has 1 aliphatic carbocycles. The molecule has 2 fully saturated rings. The van der Waals surface area contributed by atoms with Crippen LogP contribution in [0.1, 0.15) is 18.9 Å². The summed E-state index contributed by atoms with van der Waals surface area (Å²) < 4.78 is 0.324. The van der Waals surface area contributed by atoms with Gasteiger partial charge in [0.05, 0.1) is 18.4 Å². The molecular weight excluding hydrogens is 262 g/mol. The predicted octanol–water partition coefficient (Wildman–Crippen LogP) is 1.33. The number of imide groups is 1. The first kappa shape index (κ1) is 11.1. The fraction of sp³-hybridized carbons (Fsp3) is 0.600. The molecule has 1 aromatic rings. The average Bonchev–Trinajstić information content (AvgIpc) is 2.55. The van der Waals surface area contributed by atoms with Crippen LogP contribution in [0.15, 0.2) is 0 Å². The Morgan fingerprint density at radius 2 is 1.88 bits per heavy atom. The highest BCUT2D eigenvalue weighted by molar-refractivity contribution is 7.15. The number of carbonyl (C=O) groups excluding carboxylic acids is 2. The minimum absolute atomic E-state index is 0.0867. The summed E-state index contributed by atoms with van der Waals surface area (Å²) in [6.07, 6.45) is 0. The van der Waals surface area contributed by atoms with Gasteiger partial charge in [-0.15, -0.1) is 10.2 Å². The van der Waals surface area contributed by atoms with Crippen molar-refractivity contribution in [3.8, 4) is 0 Å². The zero-order chi connectivity index (χ0) is 12.4. The molecule has 5 nitrogen and oxygen atoms in total. The number of amides is 2. The summed E-state index contributed by atoms with van der Waals surface area (Å²) >= 11 is 6.85. The number of hydrogen-bond acceptors (Lipinski definition) is 5. The van der Waals surface area contributed by atoms with E-state index in [1.54, 1.807) is 0 Å². The lowest BCUT2D eigenvalue weighted by atomic mass is 10.1. The first-order chi connectivity index (χ1) is 7.93. The molecule has 7 heteroatoms. The molecule has 17 heavy (non-hydrogen) atoms. The van der Waals surface area contributed by atoms with Crippen LogP contribution in [0.25, 0.3) is 0 Å². The Hall–Kier alpha value is -1.01. The monoisotopic (exact) mass is 271 g/mol. The van der Waals surface area contributed by atoms with E-state index >= 15 is 0 Å². The van der Waals surface area contributed by atoms with Gasteiger partial charge in [-0.3, -0.25) is 14.5 Å². The summed E-state index contributed by atoms with van der Waals surface area (Å²) in [5.74, 6) is -0.454. The van der Waals surface area contributed by atoms with E-state index in [9.17, 15) is 9.59 Å². The lowest BCUT2D eigenvalue weighted by Gasteiger charge is -2.18. The maximum atomic E-state index is 12.0. The van der Waals surface area contributed by atoms with Gasteiger partial charge in [0.2, 0.25) is 16.3 Å². The fourth-order valence-electron chi connectivity index (χ4n) is 2.59. The molecule has 0 aromatic carbocycles. The molecule has 2 atom stereocenters. The Morgan fingerprint density at radius 1 is 1.29 bits per heavy atom. The molecule has 2 aliphatic rings. The van der Waals surface area contributed by atoms with Crippen LogP contribution in [0.4, 0.5) is 0 Å². The Kier molecular flexibility index (Phi) is 2.13. The molecule has 3 rings (SSSR count). The highest BCUT2D eigenvalue weighted by Crippen LogP contribution is 2.63. The first-order valence-corrected chi connectivity index (χ1v) is 6.45. The smallest absolute Gasteiger partial charge is 0.234 e. The fourth-order valence-corrected chi connectivity index (χ4v) is 3.45. The second-order valence-corrected chi connectivity index (χ2v) is 6.63. The van der Waals surface area contributed by atoms with Crippen LogP contribution in [0.3, 0.4) is 0 Å². The largest absolute Gasteiger partial charge is 0.275 e. The number of aromatic nitrogens is 2. The van der Waals surface area contributed by atoms with E-state index < -0.39 is 0 Å². The van der Waals surface area contributed by atoms with Crippen molar-refractivity contribution in [3.05, 3.63) is 9.47 Å². The molecule has 90 valence electrons. The number of fused-ring (bicyclic) bond motifs is 1. The van der Waals surface area contributed by atoms with Crippen molar-refractivity contribution in [1.82, 2.24) is 15.1 Å². The molecule has 2 unspecified atom stereocenters. The van der Waals surface area contributed by atoms with Gasteiger partial charge < -0.3 is 0 Å². The molecule has 0 bridgehead atoms. The van der Waals surface area contributed by atoms with Crippen LogP contribution in [0, 0.1) is 17.3 Å².